The van der Waals surface area contributed by atoms with Crippen LogP contribution in [0.4, 0.5) is 15.8 Å². The van der Waals surface area contributed by atoms with Gasteiger partial charge in [0, 0.05) is 24.7 Å². The quantitative estimate of drug-likeness (QED) is 0.727. The summed E-state index contributed by atoms with van der Waals surface area (Å²) in [5.41, 5.74) is 0.939. The van der Waals surface area contributed by atoms with Gasteiger partial charge >= 0.3 is 0 Å². The Kier molecular flexibility index (Phi) is 6.06. The molecule has 160 valence electrons. The molecular weight excluding hydrogens is 405 g/mol. The van der Waals surface area contributed by atoms with Crippen molar-refractivity contribution in [2.24, 2.45) is 0 Å². The van der Waals surface area contributed by atoms with Gasteiger partial charge in [0.05, 0.1) is 10.6 Å². The fraction of sp³-hybridized carbons (Fsp3) is 0.409. The summed E-state index contributed by atoms with van der Waals surface area (Å²) in [6.45, 7) is 1.62. The maximum absolute atomic E-state index is 14.5. The molecule has 1 aliphatic heterocycles. The summed E-state index contributed by atoms with van der Waals surface area (Å²) in [5.74, 6) is -1.06. The fourth-order valence-corrected chi connectivity index (χ4v) is 5.53. The zero-order valence-corrected chi connectivity index (χ0v) is 17.6. The zero-order chi connectivity index (χ0) is 21.1. The van der Waals surface area contributed by atoms with E-state index in [2.05, 4.69) is 10.0 Å². The zero-order valence-electron chi connectivity index (χ0n) is 16.7. The number of halogens is 1. The molecule has 2 aromatic rings. The van der Waals surface area contributed by atoms with Gasteiger partial charge in [-0.3, -0.25) is 4.79 Å². The lowest BCUT2D eigenvalue weighted by atomic mass is 10.2. The first kappa shape index (κ1) is 20.8. The van der Waals surface area contributed by atoms with Crippen LogP contribution >= 0.6 is 0 Å². The highest BCUT2D eigenvalue weighted by molar-refractivity contribution is 7.89. The van der Waals surface area contributed by atoms with Crippen LogP contribution in [-0.2, 0) is 10.0 Å². The Morgan fingerprint density at radius 3 is 2.43 bits per heavy atom. The van der Waals surface area contributed by atoms with Crippen LogP contribution in [-0.4, -0.2) is 33.5 Å². The van der Waals surface area contributed by atoms with Crippen LogP contribution in [0.5, 0.6) is 0 Å². The molecule has 1 saturated heterocycles. The minimum Gasteiger partial charge on any atom is -0.370 e. The highest BCUT2D eigenvalue weighted by Crippen LogP contribution is 2.31. The second-order valence-electron chi connectivity index (χ2n) is 7.91. The van der Waals surface area contributed by atoms with E-state index in [9.17, 15) is 17.6 Å². The minimum atomic E-state index is -3.71. The molecule has 2 N–H and O–H groups in total. The molecule has 0 aromatic heterocycles. The molecule has 0 bridgehead atoms. The minimum absolute atomic E-state index is 0.0374. The van der Waals surface area contributed by atoms with E-state index in [0.717, 1.165) is 51.6 Å². The predicted molar refractivity (Wildman–Crippen MR) is 115 cm³/mol. The molecule has 0 atom stereocenters. The molecule has 0 radical (unpaired) electrons. The molecule has 30 heavy (non-hydrogen) atoms. The maximum Gasteiger partial charge on any atom is 0.255 e. The van der Waals surface area contributed by atoms with Crippen LogP contribution in [0.25, 0.3) is 0 Å². The van der Waals surface area contributed by atoms with Crippen molar-refractivity contribution in [2.75, 3.05) is 23.3 Å². The van der Waals surface area contributed by atoms with Gasteiger partial charge in [0.1, 0.15) is 11.5 Å². The number of benzene rings is 2. The number of anilines is 2. The molecule has 2 aliphatic rings. The molecule has 8 heteroatoms. The average molecular weight is 432 g/mol. The lowest BCUT2D eigenvalue weighted by Gasteiger charge is -2.22. The first-order valence-corrected chi connectivity index (χ1v) is 11.9. The van der Waals surface area contributed by atoms with Crippen molar-refractivity contribution in [3.05, 3.63) is 53.8 Å². The normalized spacial score (nSPS) is 17.4. The Bertz CT molecular complexity index is 1030. The van der Waals surface area contributed by atoms with Crippen molar-refractivity contribution in [3.8, 4) is 0 Å². The van der Waals surface area contributed by atoms with Crippen LogP contribution in [0.2, 0.25) is 0 Å². The number of carbonyl (C=O) groups is 1. The Morgan fingerprint density at radius 1 is 1.00 bits per heavy atom. The van der Waals surface area contributed by atoms with Crippen LogP contribution in [0.15, 0.2) is 47.4 Å². The predicted octanol–water partition coefficient (Wildman–Crippen LogP) is 3.90. The smallest absolute Gasteiger partial charge is 0.255 e. The van der Waals surface area contributed by atoms with Gasteiger partial charge in [0.15, 0.2) is 0 Å². The van der Waals surface area contributed by atoms with E-state index in [4.69, 9.17) is 0 Å². The monoisotopic (exact) mass is 431 g/mol. The third-order valence-electron chi connectivity index (χ3n) is 5.76. The van der Waals surface area contributed by atoms with E-state index >= 15 is 0 Å². The van der Waals surface area contributed by atoms with Gasteiger partial charge in [0.25, 0.3) is 5.91 Å². The number of amides is 1. The molecule has 1 saturated carbocycles. The summed E-state index contributed by atoms with van der Waals surface area (Å²) in [4.78, 5) is 14.9. The average Bonchev–Trinajstić information content (AvgIpc) is 3.43. The van der Waals surface area contributed by atoms with Gasteiger partial charge in [-0.2, -0.15) is 0 Å². The highest BCUT2D eigenvalue weighted by atomic mass is 32.2. The maximum atomic E-state index is 14.5. The third kappa shape index (κ3) is 4.49. The van der Waals surface area contributed by atoms with Gasteiger partial charge < -0.3 is 10.2 Å². The van der Waals surface area contributed by atoms with Crippen LogP contribution in [0.1, 0.15) is 48.9 Å². The van der Waals surface area contributed by atoms with Crippen molar-refractivity contribution in [1.29, 1.82) is 0 Å². The van der Waals surface area contributed by atoms with Gasteiger partial charge in [-0.1, -0.05) is 25.0 Å². The number of nitrogens with zero attached hydrogens (tertiary/aromatic N) is 1. The highest BCUT2D eigenvalue weighted by Gasteiger charge is 2.24. The molecule has 2 aromatic carbocycles. The van der Waals surface area contributed by atoms with E-state index in [-0.39, 0.29) is 22.2 Å². The van der Waals surface area contributed by atoms with Crippen molar-refractivity contribution < 1.29 is 17.6 Å². The van der Waals surface area contributed by atoms with Crippen molar-refractivity contribution in [3.63, 3.8) is 0 Å². The van der Waals surface area contributed by atoms with E-state index in [1.165, 1.54) is 30.3 Å². The van der Waals surface area contributed by atoms with Crippen LogP contribution in [0, 0.1) is 5.82 Å². The van der Waals surface area contributed by atoms with Crippen molar-refractivity contribution in [1.82, 2.24) is 4.72 Å². The Hall–Kier alpha value is -2.45. The number of hydrogen-bond donors (Lipinski definition) is 2. The fourth-order valence-electron chi connectivity index (χ4n) is 4.18. The summed E-state index contributed by atoms with van der Waals surface area (Å²) in [6.07, 6.45) is 5.72. The summed E-state index contributed by atoms with van der Waals surface area (Å²) in [7, 11) is -3.71. The molecule has 2 fully saturated rings. The van der Waals surface area contributed by atoms with E-state index in [1.807, 2.05) is 4.90 Å². The number of rotatable bonds is 6. The van der Waals surface area contributed by atoms with Crippen LogP contribution < -0.4 is 14.9 Å². The van der Waals surface area contributed by atoms with Gasteiger partial charge in [0.2, 0.25) is 10.0 Å². The lowest BCUT2D eigenvalue weighted by Crippen LogP contribution is -2.32. The number of hydrogen-bond acceptors (Lipinski definition) is 4. The second-order valence-corrected chi connectivity index (χ2v) is 9.63. The van der Waals surface area contributed by atoms with Crippen LogP contribution in [0.3, 0.4) is 0 Å². The first-order valence-electron chi connectivity index (χ1n) is 10.4. The molecule has 1 heterocycles. The Balaban J connectivity index is 1.56. The lowest BCUT2D eigenvalue weighted by molar-refractivity contribution is 0.102. The van der Waals surface area contributed by atoms with E-state index in [1.54, 1.807) is 12.1 Å². The third-order valence-corrected chi connectivity index (χ3v) is 7.28. The first-order chi connectivity index (χ1) is 14.4. The van der Waals surface area contributed by atoms with Gasteiger partial charge in [-0.05, 0) is 56.0 Å². The van der Waals surface area contributed by atoms with Crippen molar-refractivity contribution in [2.45, 2.75) is 49.5 Å². The van der Waals surface area contributed by atoms with Crippen molar-refractivity contribution >= 4 is 27.3 Å². The summed E-state index contributed by atoms with van der Waals surface area (Å²) in [6, 6.07) is 10.5. The summed E-state index contributed by atoms with van der Waals surface area (Å²) < 4.78 is 42.6. The van der Waals surface area contributed by atoms with Gasteiger partial charge in [-0.25, -0.2) is 17.5 Å². The molecular formula is C22H26FN3O3S. The largest absolute Gasteiger partial charge is 0.370 e. The Morgan fingerprint density at radius 2 is 1.70 bits per heavy atom. The number of sulfonamides is 1. The van der Waals surface area contributed by atoms with E-state index < -0.39 is 21.7 Å². The standard InChI is InChI=1S/C22H26FN3O3S/c23-19-11-6-12-20(26-13-3-4-14-26)21(19)24-22(27)16-7-5-10-18(15-16)30(28,29)25-17-8-1-2-9-17/h5-7,10-12,15,17,25H,1-4,8-9,13-14H2,(H,24,27). The summed E-state index contributed by atoms with van der Waals surface area (Å²) >= 11 is 0. The summed E-state index contributed by atoms with van der Waals surface area (Å²) in [5, 5.41) is 2.65. The molecule has 1 amide bonds. The second kappa shape index (κ2) is 8.73. The Labute approximate surface area is 176 Å². The van der Waals surface area contributed by atoms with Gasteiger partial charge in [-0.15, -0.1) is 0 Å². The van der Waals surface area contributed by atoms with E-state index in [0.29, 0.717) is 5.69 Å². The number of para-hydroxylation sites is 1. The molecule has 6 nitrogen and oxygen atoms in total. The SMILES string of the molecule is O=C(Nc1c(F)cccc1N1CCCC1)c1cccc(S(=O)(=O)NC2CCCC2)c1. The molecule has 0 unspecified atom stereocenters. The number of carbonyl (C=O) groups excluding carboxylic acids is 1. The molecule has 4 rings (SSSR count). The number of nitrogens with one attached hydrogen (secondary N) is 2. The topological polar surface area (TPSA) is 78.5 Å². The molecule has 1 aliphatic carbocycles. The molecule has 0 spiro atoms.